The number of carboxylic acids is 1. The number of aliphatic hydroxyl groups is 1. The smallest absolute Gasteiger partial charge is 0.328 e. The first-order valence-electron chi connectivity index (χ1n) is 23.9. The third-order valence-corrected chi connectivity index (χ3v) is 12.2. The molecule has 1 heterocycles. The Morgan fingerprint density at radius 2 is 1.12 bits per heavy atom. The minimum absolute atomic E-state index is 0.0133. The molecule has 0 unspecified atom stereocenters. The fourth-order valence-electron chi connectivity index (χ4n) is 7.65. The van der Waals surface area contributed by atoms with Crippen LogP contribution in [0.3, 0.4) is 0 Å². The number of para-hydroxylation sites is 1. The highest BCUT2D eigenvalue weighted by Gasteiger charge is 2.36. The van der Waals surface area contributed by atoms with E-state index in [0.29, 0.717) is 22.2 Å². The molecule has 9 atom stereocenters. The zero-order valence-electron chi connectivity index (χ0n) is 41.9. The van der Waals surface area contributed by atoms with E-state index in [1.54, 1.807) is 88.7 Å². The lowest BCUT2D eigenvalue weighted by Crippen LogP contribution is -2.61. The molecule has 3 aromatic rings. The zero-order chi connectivity index (χ0) is 54.5. The largest absolute Gasteiger partial charge is 0.480 e. The molecule has 16 N–H and O–H groups in total. The van der Waals surface area contributed by atoms with Crippen LogP contribution in [0.1, 0.15) is 77.8 Å². The predicted octanol–water partition coefficient (Wildman–Crippen LogP) is -1.26. The first kappa shape index (κ1) is 60.3. The van der Waals surface area contributed by atoms with Gasteiger partial charge in [-0.3, -0.25) is 43.2 Å². The van der Waals surface area contributed by atoms with Crippen LogP contribution >= 0.6 is 11.8 Å². The van der Waals surface area contributed by atoms with Crippen LogP contribution in [0.4, 0.5) is 0 Å². The summed E-state index contributed by atoms with van der Waals surface area (Å²) in [7, 11) is 0. The van der Waals surface area contributed by atoms with Gasteiger partial charge >= 0.3 is 5.97 Å². The summed E-state index contributed by atoms with van der Waals surface area (Å²) < 4.78 is 0. The van der Waals surface area contributed by atoms with E-state index in [4.69, 9.17) is 17.2 Å². The molecule has 0 aliphatic carbocycles. The third-order valence-electron chi connectivity index (χ3n) is 11.6. The number of thioether (sulfide) groups is 1. The van der Waals surface area contributed by atoms with Gasteiger partial charge in [-0.15, -0.1) is 0 Å². The van der Waals surface area contributed by atoms with Crippen molar-refractivity contribution in [2.24, 2.45) is 29.0 Å². The number of nitrogens with two attached hydrogens (primary N) is 3. The standard InChI is InChI=1S/C49H71N11O12S/c1-25(2)20-35(45(67)54-34(18-19-73-6)44(66)58-37(23-39(52)63)47(69)60-41(27(5)61)49(71)72)56-46(68)36(22-29-24-53-32-15-11-10-14-30(29)32)57-43(65)33(16-17-38(51)62)55-48(70)40(26(3)4)59-42(64)31(50)21-28-12-8-7-9-13-28/h7-15,24-27,31,33-37,40-41,53,61H,16-23,50H2,1-6H3,(H2,51,62)(H2,52,63)(H,54,67)(H,55,70)(H,56,68)(H,57,65)(H,58,66)(H,59,64)(H,60,69)(H,71,72)/t27-,31+,33+,34+,35+,36+,37+,40+,41+/m1/s1. The molecule has 0 aliphatic heterocycles. The van der Waals surface area contributed by atoms with Gasteiger partial charge in [0.2, 0.25) is 53.2 Å². The SMILES string of the molecule is CSCC[C@H](NC(=O)[C@H](CC(C)C)NC(=O)[C@H](Cc1c[nH]c2ccccc12)NC(=O)[C@H](CCC(N)=O)NC(=O)[C@@H](NC(=O)[C@@H](N)Cc1ccccc1)C(C)C)C(=O)N[C@@H](CC(N)=O)C(=O)N[C@H](C(=O)O)[C@@H](C)O. The molecule has 0 spiro atoms. The average molecular weight is 1040 g/mol. The molecule has 0 bridgehead atoms. The lowest BCUT2D eigenvalue weighted by Gasteiger charge is -2.29. The molecule has 0 aliphatic rings. The normalized spacial score (nSPS) is 15.0. The van der Waals surface area contributed by atoms with E-state index in [0.717, 1.165) is 12.5 Å². The van der Waals surface area contributed by atoms with Crippen molar-refractivity contribution >= 4 is 81.8 Å². The van der Waals surface area contributed by atoms with E-state index in [1.165, 1.54) is 11.8 Å². The predicted molar refractivity (Wildman–Crippen MR) is 272 cm³/mol. The molecule has 23 nitrogen and oxygen atoms in total. The van der Waals surface area contributed by atoms with E-state index in [1.807, 2.05) is 6.07 Å². The number of aromatic nitrogens is 1. The van der Waals surface area contributed by atoms with Crippen LogP contribution in [0.2, 0.25) is 0 Å². The fourth-order valence-corrected chi connectivity index (χ4v) is 8.12. The number of H-pyrrole nitrogens is 1. The number of rotatable bonds is 31. The molecule has 73 heavy (non-hydrogen) atoms. The van der Waals surface area contributed by atoms with Crippen molar-refractivity contribution in [1.82, 2.24) is 42.2 Å². The number of amides is 9. The zero-order valence-corrected chi connectivity index (χ0v) is 42.7. The number of hydrogen-bond acceptors (Lipinski definition) is 13. The number of carbonyl (C=O) groups excluding carboxylic acids is 9. The molecule has 24 heteroatoms. The van der Waals surface area contributed by atoms with Crippen LogP contribution in [0.25, 0.3) is 10.9 Å². The van der Waals surface area contributed by atoms with Gasteiger partial charge in [0.15, 0.2) is 6.04 Å². The summed E-state index contributed by atoms with van der Waals surface area (Å²) in [6.07, 6.45) is 0.405. The van der Waals surface area contributed by atoms with Gasteiger partial charge in [-0.05, 0) is 73.6 Å². The molecule has 400 valence electrons. The van der Waals surface area contributed by atoms with Crippen molar-refractivity contribution in [2.45, 2.75) is 134 Å². The van der Waals surface area contributed by atoms with Crippen molar-refractivity contribution in [1.29, 1.82) is 0 Å². The Labute approximate surface area is 427 Å². The Hall–Kier alpha value is -7.05. The van der Waals surface area contributed by atoms with E-state index >= 15 is 0 Å². The Bertz CT molecular complexity index is 2400. The first-order valence-corrected chi connectivity index (χ1v) is 25.2. The van der Waals surface area contributed by atoms with Gasteiger partial charge in [0.1, 0.15) is 36.3 Å². The minimum atomic E-state index is -1.80. The second-order valence-corrected chi connectivity index (χ2v) is 19.5. The molecular weight excluding hydrogens is 967 g/mol. The summed E-state index contributed by atoms with van der Waals surface area (Å²) in [5.74, 6) is -9.97. The minimum Gasteiger partial charge on any atom is -0.480 e. The summed E-state index contributed by atoms with van der Waals surface area (Å²) in [6.45, 7) is 8.01. The molecule has 3 rings (SSSR count). The monoisotopic (exact) mass is 1040 g/mol. The van der Waals surface area contributed by atoms with Gasteiger partial charge in [0.25, 0.3) is 0 Å². The van der Waals surface area contributed by atoms with Gasteiger partial charge in [-0.25, -0.2) is 4.79 Å². The number of hydrogen-bond donors (Lipinski definition) is 13. The number of benzene rings is 2. The van der Waals surface area contributed by atoms with Crippen molar-refractivity contribution in [2.75, 3.05) is 12.0 Å². The summed E-state index contributed by atoms with van der Waals surface area (Å²) >= 11 is 1.32. The number of nitrogens with one attached hydrogen (secondary N) is 8. The van der Waals surface area contributed by atoms with Crippen molar-refractivity contribution in [3.63, 3.8) is 0 Å². The number of aliphatic hydroxyl groups excluding tert-OH is 1. The van der Waals surface area contributed by atoms with Gasteiger partial charge in [-0.1, -0.05) is 76.2 Å². The van der Waals surface area contributed by atoms with Crippen LogP contribution in [0.5, 0.6) is 0 Å². The Morgan fingerprint density at radius 3 is 1.70 bits per heavy atom. The van der Waals surface area contributed by atoms with Crippen LogP contribution in [0, 0.1) is 11.8 Å². The second kappa shape index (κ2) is 29.5. The van der Waals surface area contributed by atoms with E-state index < -0.39 is 126 Å². The molecule has 0 radical (unpaired) electrons. The van der Waals surface area contributed by atoms with Crippen LogP contribution in [-0.2, 0) is 60.8 Å². The number of carboxylic acid groups (broad SMARTS) is 1. The highest BCUT2D eigenvalue weighted by Crippen LogP contribution is 2.20. The van der Waals surface area contributed by atoms with Gasteiger partial charge < -0.3 is 69.6 Å². The van der Waals surface area contributed by atoms with E-state index in [-0.39, 0.29) is 44.4 Å². The lowest BCUT2D eigenvalue weighted by atomic mass is 9.99. The highest BCUT2D eigenvalue weighted by molar-refractivity contribution is 7.98. The van der Waals surface area contributed by atoms with Crippen LogP contribution < -0.4 is 54.4 Å². The van der Waals surface area contributed by atoms with Crippen molar-refractivity contribution in [3.05, 3.63) is 71.9 Å². The Kier molecular flexibility index (Phi) is 24.3. The molecule has 0 fully saturated rings. The van der Waals surface area contributed by atoms with Crippen molar-refractivity contribution < 1.29 is 58.2 Å². The average Bonchev–Trinajstić information content (AvgIpc) is 3.73. The molecule has 0 saturated carbocycles. The topological polar surface area (TPSA) is 389 Å². The molecule has 0 saturated heterocycles. The quantitative estimate of drug-likeness (QED) is 0.0358. The second-order valence-electron chi connectivity index (χ2n) is 18.5. The van der Waals surface area contributed by atoms with Gasteiger partial charge in [-0.2, -0.15) is 11.8 Å². The molecule has 1 aromatic heterocycles. The number of primary amides is 2. The summed E-state index contributed by atoms with van der Waals surface area (Å²) in [5.41, 5.74) is 19.1. The number of aromatic amines is 1. The van der Waals surface area contributed by atoms with Crippen LogP contribution in [-0.4, -0.2) is 141 Å². The van der Waals surface area contributed by atoms with Gasteiger partial charge in [0.05, 0.1) is 18.6 Å². The molecule has 2 aromatic carbocycles. The van der Waals surface area contributed by atoms with Gasteiger partial charge in [0, 0.05) is 29.9 Å². The maximum absolute atomic E-state index is 14.6. The summed E-state index contributed by atoms with van der Waals surface area (Å²) in [4.78, 5) is 136. The van der Waals surface area contributed by atoms with E-state index in [2.05, 4.69) is 42.2 Å². The van der Waals surface area contributed by atoms with Crippen LogP contribution in [0.15, 0.2) is 60.8 Å². The van der Waals surface area contributed by atoms with Crippen molar-refractivity contribution in [3.8, 4) is 0 Å². The Balaban J connectivity index is 1.95. The summed E-state index contributed by atoms with van der Waals surface area (Å²) in [6, 6.07) is 4.83. The maximum atomic E-state index is 14.6. The highest BCUT2D eigenvalue weighted by atomic mass is 32.2. The number of aliphatic carboxylic acids is 1. The maximum Gasteiger partial charge on any atom is 0.328 e. The lowest BCUT2D eigenvalue weighted by molar-refractivity contribution is -0.145. The summed E-state index contributed by atoms with van der Waals surface area (Å²) in [5, 5.41) is 37.8. The first-order chi connectivity index (χ1) is 34.4. The fraction of sp³-hybridized carbons (Fsp3) is 0.510. The number of carbonyl (C=O) groups is 10. The third kappa shape index (κ3) is 19.8. The van der Waals surface area contributed by atoms with E-state index in [9.17, 15) is 58.2 Å². The number of fused-ring (bicyclic) bond motifs is 1. The molecule has 9 amide bonds. The molecular formula is C49H71N11O12S. The Morgan fingerprint density at radius 1 is 0.603 bits per heavy atom.